The second kappa shape index (κ2) is 3.87. The van der Waals surface area contributed by atoms with Crippen molar-refractivity contribution in [2.75, 3.05) is 6.54 Å². The predicted molar refractivity (Wildman–Crippen MR) is 53.4 cm³/mol. The molecule has 1 unspecified atom stereocenters. The maximum Gasteiger partial charge on any atom is 0.224 e. The molecule has 2 rings (SSSR count). The Balaban J connectivity index is 2.06. The van der Waals surface area contributed by atoms with Crippen LogP contribution in [-0.2, 0) is 21.4 Å². The second-order valence-corrected chi connectivity index (χ2v) is 5.52. The van der Waals surface area contributed by atoms with Gasteiger partial charge in [0.1, 0.15) is 17.2 Å². The minimum Gasteiger partial charge on any atom is -0.364 e. The van der Waals surface area contributed by atoms with Crippen molar-refractivity contribution < 1.29 is 17.7 Å². The highest BCUT2D eigenvalue weighted by atomic mass is 32.2. The van der Waals surface area contributed by atoms with Crippen molar-refractivity contribution in [1.82, 2.24) is 10.1 Å². The zero-order chi connectivity index (χ0) is 11.8. The smallest absolute Gasteiger partial charge is 0.224 e. The van der Waals surface area contributed by atoms with E-state index in [1.807, 2.05) is 0 Å². The molecule has 0 saturated carbocycles. The molecule has 1 amide bonds. The number of primary sulfonamides is 1. The number of likely N-dealkylation sites (tertiary alicyclic amines) is 1. The summed E-state index contributed by atoms with van der Waals surface area (Å²) in [5.41, 5.74) is 0.586. The molecule has 1 saturated heterocycles. The third-order valence-electron chi connectivity index (χ3n) is 2.49. The van der Waals surface area contributed by atoms with Crippen molar-refractivity contribution in [3.63, 3.8) is 0 Å². The molecule has 2 heterocycles. The lowest BCUT2D eigenvalue weighted by molar-refractivity contribution is -0.128. The van der Waals surface area contributed by atoms with Crippen molar-refractivity contribution in [3.8, 4) is 0 Å². The molecule has 0 spiro atoms. The molecule has 8 heteroatoms. The molecule has 0 aromatic carbocycles. The Kier molecular flexibility index (Phi) is 2.68. The fourth-order valence-corrected chi connectivity index (χ4v) is 2.39. The number of hydrogen-bond acceptors (Lipinski definition) is 5. The van der Waals surface area contributed by atoms with E-state index in [0.717, 1.165) is 0 Å². The fraction of sp³-hybridized carbons (Fsp3) is 0.500. The highest BCUT2D eigenvalue weighted by Crippen LogP contribution is 2.18. The third kappa shape index (κ3) is 2.22. The number of nitrogens with two attached hydrogens (primary N) is 1. The van der Waals surface area contributed by atoms with Gasteiger partial charge in [-0.05, 0) is 0 Å². The van der Waals surface area contributed by atoms with E-state index in [2.05, 4.69) is 9.68 Å². The first-order chi connectivity index (χ1) is 7.47. The van der Waals surface area contributed by atoms with Gasteiger partial charge in [0.2, 0.25) is 15.9 Å². The first-order valence-electron chi connectivity index (χ1n) is 4.65. The maximum absolute atomic E-state index is 11.5. The van der Waals surface area contributed by atoms with E-state index < -0.39 is 15.3 Å². The topological polar surface area (TPSA) is 106 Å². The van der Waals surface area contributed by atoms with Crippen molar-refractivity contribution in [2.24, 2.45) is 5.14 Å². The molecule has 0 radical (unpaired) electrons. The highest BCUT2D eigenvalue weighted by molar-refractivity contribution is 7.89. The summed E-state index contributed by atoms with van der Waals surface area (Å²) in [6.45, 7) is 0.367. The highest BCUT2D eigenvalue weighted by Gasteiger charge is 2.36. The molecule has 1 fully saturated rings. The monoisotopic (exact) mass is 245 g/mol. The van der Waals surface area contributed by atoms with E-state index in [9.17, 15) is 13.2 Å². The van der Waals surface area contributed by atoms with Gasteiger partial charge in [-0.15, -0.1) is 0 Å². The van der Waals surface area contributed by atoms with Gasteiger partial charge in [0.15, 0.2) is 0 Å². The van der Waals surface area contributed by atoms with E-state index in [4.69, 9.17) is 5.14 Å². The summed E-state index contributed by atoms with van der Waals surface area (Å²) in [6.07, 6.45) is 1.34. The van der Waals surface area contributed by atoms with Crippen molar-refractivity contribution in [1.29, 1.82) is 0 Å². The molecular formula is C8H11N3O4S. The van der Waals surface area contributed by atoms with Crippen LogP contribution in [0.15, 0.2) is 16.9 Å². The summed E-state index contributed by atoms with van der Waals surface area (Å²) in [7, 11) is -3.65. The van der Waals surface area contributed by atoms with Crippen LogP contribution in [0.3, 0.4) is 0 Å². The molecule has 2 N–H and O–H groups in total. The van der Waals surface area contributed by atoms with Gasteiger partial charge in [0.25, 0.3) is 0 Å². The van der Waals surface area contributed by atoms with Crippen molar-refractivity contribution in [3.05, 3.63) is 18.0 Å². The normalized spacial score (nSPS) is 21.7. The first kappa shape index (κ1) is 11.1. The van der Waals surface area contributed by atoms with Gasteiger partial charge in [-0.3, -0.25) is 4.79 Å². The van der Waals surface area contributed by atoms with Crippen LogP contribution in [-0.4, -0.2) is 36.2 Å². The molecular weight excluding hydrogens is 234 g/mol. The predicted octanol–water partition coefficient (Wildman–Crippen LogP) is -0.936. The molecule has 0 bridgehead atoms. The summed E-state index contributed by atoms with van der Waals surface area (Å²) in [5.74, 6) is -0.234. The lowest BCUT2D eigenvalue weighted by Crippen LogP contribution is -2.31. The number of nitrogens with zero attached hydrogens (tertiary/aromatic N) is 2. The van der Waals surface area contributed by atoms with Gasteiger partial charge in [0, 0.05) is 19.0 Å². The standard InChI is InChI=1S/C8H11N3O4S/c9-16(13,14)7-3-8(12)11(5-7)4-6-1-2-15-10-6/h1-2,7H,3-5H2,(H2,9,13,14). The Morgan fingerprint density at radius 2 is 2.38 bits per heavy atom. The van der Waals surface area contributed by atoms with Crippen LogP contribution in [0.2, 0.25) is 0 Å². The third-order valence-corrected chi connectivity index (χ3v) is 3.73. The van der Waals surface area contributed by atoms with Crippen LogP contribution >= 0.6 is 0 Å². The number of sulfonamides is 1. The van der Waals surface area contributed by atoms with Crippen LogP contribution in [0.4, 0.5) is 0 Å². The van der Waals surface area contributed by atoms with E-state index >= 15 is 0 Å². The number of aromatic nitrogens is 1. The summed E-state index contributed by atoms with van der Waals surface area (Å²) >= 11 is 0. The first-order valence-corrected chi connectivity index (χ1v) is 6.26. The van der Waals surface area contributed by atoms with Gasteiger partial charge in [-0.2, -0.15) is 0 Å². The SMILES string of the molecule is NS(=O)(=O)C1CC(=O)N(Cc2ccon2)C1. The molecule has 1 aliphatic heterocycles. The van der Waals surface area contributed by atoms with Crippen LogP contribution in [0.25, 0.3) is 0 Å². The summed E-state index contributed by atoms with van der Waals surface area (Å²) in [4.78, 5) is 12.9. The van der Waals surface area contributed by atoms with E-state index in [1.54, 1.807) is 6.07 Å². The maximum atomic E-state index is 11.5. The van der Waals surface area contributed by atoms with Crippen molar-refractivity contribution in [2.45, 2.75) is 18.2 Å². The molecule has 0 aliphatic carbocycles. The number of amides is 1. The van der Waals surface area contributed by atoms with Gasteiger partial charge < -0.3 is 9.42 Å². The molecule has 7 nitrogen and oxygen atoms in total. The number of rotatable bonds is 3. The molecule has 1 aromatic rings. The van der Waals surface area contributed by atoms with Crippen LogP contribution in [0.1, 0.15) is 12.1 Å². The van der Waals surface area contributed by atoms with Crippen LogP contribution in [0.5, 0.6) is 0 Å². The van der Waals surface area contributed by atoms with E-state index in [-0.39, 0.29) is 25.4 Å². The summed E-state index contributed by atoms with van der Waals surface area (Å²) in [5, 5.41) is 7.84. The Hall–Kier alpha value is -1.41. The average Bonchev–Trinajstić information content (AvgIpc) is 2.76. The average molecular weight is 245 g/mol. The van der Waals surface area contributed by atoms with Gasteiger partial charge in [-0.25, -0.2) is 13.6 Å². The fourth-order valence-electron chi connectivity index (χ4n) is 1.62. The van der Waals surface area contributed by atoms with Gasteiger partial charge in [0.05, 0.1) is 6.54 Å². The number of carbonyl (C=O) groups excluding carboxylic acids is 1. The van der Waals surface area contributed by atoms with Crippen molar-refractivity contribution >= 4 is 15.9 Å². The van der Waals surface area contributed by atoms with E-state index in [1.165, 1.54) is 11.2 Å². The Morgan fingerprint density at radius 1 is 1.62 bits per heavy atom. The van der Waals surface area contributed by atoms with Gasteiger partial charge in [-0.1, -0.05) is 5.16 Å². The van der Waals surface area contributed by atoms with E-state index in [0.29, 0.717) is 5.69 Å². The van der Waals surface area contributed by atoms with Gasteiger partial charge >= 0.3 is 0 Å². The Morgan fingerprint density at radius 3 is 2.88 bits per heavy atom. The summed E-state index contributed by atoms with van der Waals surface area (Å²) < 4.78 is 26.8. The lowest BCUT2D eigenvalue weighted by Gasteiger charge is -2.13. The zero-order valence-electron chi connectivity index (χ0n) is 8.37. The molecule has 16 heavy (non-hydrogen) atoms. The van der Waals surface area contributed by atoms with Crippen LogP contribution < -0.4 is 5.14 Å². The molecule has 88 valence electrons. The molecule has 1 aliphatic rings. The number of hydrogen-bond donors (Lipinski definition) is 1. The minimum absolute atomic E-state index is 0.0588. The zero-order valence-corrected chi connectivity index (χ0v) is 9.18. The lowest BCUT2D eigenvalue weighted by atomic mass is 10.4. The quantitative estimate of drug-likeness (QED) is 0.740. The Labute approximate surface area is 92.2 Å². The molecule has 1 aromatic heterocycles. The second-order valence-electron chi connectivity index (χ2n) is 3.68. The Bertz CT molecular complexity index is 481. The number of carbonyl (C=O) groups is 1. The molecule has 1 atom stereocenters. The van der Waals surface area contributed by atoms with Crippen LogP contribution in [0, 0.1) is 0 Å². The largest absolute Gasteiger partial charge is 0.364 e. The minimum atomic E-state index is -3.65. The summed E-state index contributed by atoms with van der Waals surface area (Å²) in [6, 6.07) is 1.62.